The van der Waals surface area contributed by atoms with E-state index >= 15 is 0 Å². The van der Waals surface area contributed by atoms with Crippen LogP contribution in [0.4, 0.5) is 28.4 Å². The van der Waals surface area contributed by atoms with Crippen LogP contribution in [0.25, 0.3) is 0 Å². The van der Waals surface area contributed by atoms with Gasteiger partial charge in [-0.2, -0.15) is 0 Å². The summed E-state index contributed by atoms with van der Waals surface area (Å²) in [5.74, 6) is 0. The summed E-state index contributed by atoms with van der Waals surface area (Å²) in [6.45, 7) is 9.70. The Kier molecular flexibility index (Phi) is 13.6. The molecule has 0 bridgehead atoms. The Hall–Kier alpha value is -3.27. The van der Waals surface area contributed by atoms with Crippen molar-refractivity contribution >= 4 is 40.0 Å². The van der Waals surface area contributed by atoms with Crippen molar-refractivity contribution in [3.63, 3.8) is 0 Å². The summed E-state index contributed by atoms with van der Waals surface area (Å²) in [5, 5.41) is 42.0. The lowest BCUT2D eigenvalue weighted by molar-refractivity contribution is -0.384. The van der Waals surface area contributed by atoms with Crippen molar-refractivity contribution in [2.45, 2.75) is 0 Å². The van der Waals surface area contributed by atoms with Crippen LogP contribution in [0.1, 0.15) is 0 Å². The van der Waals surface area contributed by atoms with E-state index in [4.69, 9.17) is 33.3 Å². The van der Waals surface area contributed by atoms with Crippen molar-refractivity contribution in [3.8, 4) is 0 Å². The summed E-state index contributed by atoms with van der Waals surface area (Å²) in [6.07, 6.45) is 0. The van der Waals surface area contributed by atoms with E-state index in [1.54, 1.807) is 12.1 Å². The van der Waals surface area contributed by atoms with E-state index in [2.05, 4.69) is 20.0 Å². The topological polar surface area (TPSA) is 201 Å². The first-order chi connectivity index (χ1) is 18.7. The lowest BCUT2D eigenvalue weighted by Crippen LogP contribution is -2.47. The zero-order chi connectivity index (χ0) is 28.8. The van der Waals surface area contributed by atoms with Crippen LogP contribution in [0.5, 0.6) is 0 Å². The normalized spacial score (nSPS) is 15.9. The summed E-state index contributed by atoms with van der Waals surface area (Å²) in [5.41, 5.74) is 12.0. The molecule has 14 nitrogen and oxygen atoms in total. The number of anilines is 3. The molecule has 0 aliphatic carbocycles. The van der Waals surface area contributed by atoms with Gasteiger partial charge in [-0.15, -0.1) is 0 Å². The number of rotatable bonds is 7. The molecule has 0 aromatic heterocycles. The number of aliphatic hydroxyl groups excluding tert-OH is 2. The van der Waals surface area contributed by atoms with Gasteiger partial charge in [-0.05, 0) is 24.3 Å². The summed E-state index contributed by atoms with van der Waals surface area (Å²) in [4.78, 5) is 26.5. The molecule has 39 heavy (non-hydrogen) atoms. The minimum absolute atomic E-state index is 0.0531. The molecule has 2 aliphatic heterocycles. The molecular formula is C24H37ClN8O6. The number of nitro groups is 2. The minimum atomic E-state index is -0.550. The lowest BCUT2D eigenvalue weighted by Gasteiger charge is -2.35. The third kappa shape index (κ3) is 10.8. The van der Waals surface area contributed by atoms with Gasteiger partial charge in [-0.1, -0.05) is 11.6 Å². The summed E-state index contributed by atoms with van der Waals surface area (Å²) in [7, 11) is 0. The molecule has 2 heterocycles. The molecule has 0 spiro atoms. The molecular weight excluding hydrogens is 532 g/mol. The smallest absolute Gasteiger partial charge is 0.292 e. The molecule has 0 saturated carbocycles. The second-order valence-corrected chi connectivity index (χ2v) is 9.26. The van der Waals surface area contributed by atoms with E-state index in [9.17, 15) is 20.2 Å². The van der Waals surface area contributed by atoms with Crippen LogP contribution in [0, 0.1) is 20.2 Å². The zero-order valence-electron chi connectivity index (χ0n) is 21.7. The first-order valence-corrected chi connectivity index (χ1v) is 12.9. The molecule has 0 amide bonds. The van der Waals surface area contributed by atoms with Gasteiger partial charge in [-0.3, -0.25) is 30.0 Å². The fraction of sp³-hybridized carbons (Fsp3) is 0.500. The SMILES string of the molecule is Nc1cc(Cl)ccc1[N+](=O)[O-].Nc1cc(N2CCN(CCO)CC2)ccc1[N+](=O)[O-].OCCN1CCNCC1. The van der Waals surface area contributed by atoms with Crippen molar-refractivity contribution in [1.82, 2.24) is 15.1 Å². The van der Waals surface area contributed by atoms with E-state index in [-0.39, 0.29) is 29.4 Å². The molecule has 0 radical (unpaired) electrons. The number of benzene rings is 2. The van der Waals surface area contributed by atoms with Crippen LogP contribution >= 0.6 is 11.6 Å². The van der Waals surface area contributed by atoms with Gasteiger partial charge in [0.25, 0.3) is 11.4 Å². The summed E-state index contributed by atoms with van der Waals surface area (Å²) in [6, 6.07) is 8.88. The average molecular weight is 569 g/mol. The third-order valence-corrected chi connectivity index (χ3v) is 6.41. The molecule has 15 heteroatoms. The first-order valence-electron chi connectivity index (χ1n) is 12.5. The zero-order valence-corrected chi connectivity index (χ0v) is 22.5. The molecule has 0 unspecified atom stereocenters. The van der Waals surface area contributed by atoms with Gasteiger partial charge >= 0.3 is 0 Å². The minimum Gasteiger partial charge on any atom is -0.395 e. The third-order valence-electron chi connectivity index (χ3n) is 6.17. The quantitative estimate of drug-likeness (QED) is 0.180. The molecule has 7 N–H and O–H groups in total. The number of halogens is 1. The highest BCUT2D eigenvalue weighted by Crippen LogP contribution is 2.27. The van der Waals surface area contributed by atoms with Crippen LogP contribution < -0.4 is 21.7 Å². The Balaban J connectivity index is 0.000000226. The molecule has 2 fully saturated rings. The van der Waals surface area contributed by atoms with Crippen LogP contribution in [-0.2, 0) is 0 Å². The van der Waals surface area contributed by atoms with Gasteiger partial charge < -0.3 is 31.9 Å². The monoisotopic (exact) mass is 568 g/mol. The molecule has 0 atom stereocenters. The highest BCUT2D eigenvalue weighted by atomic mass is 35.5. The fourth-order valence-corrected chi connectivity index (χ4v) is 4.22. The van der Waals surface area contributed by atoms with E-state index in [1.165, 1.54) is 24.3 Å². The van der Waals surface area contributed by atoms with Crippen molar-refractivity contribution in [2.24, 2.45) is 0 Å². The van der Waals surface area contributed by atoms with Crippen molar-refractivity contribution < 1.29 is 20.1 Å². The molecule has 216 valence electrons. The fourth-order valence-electron chi connectivity index (χ4n) is 4.04. The molecule has 4 rings (SSSR count). The molecule has 2 aliphatic rings. The van der Waals surface area contributed by atoms with Crippen LogP contribution in [0.15, 0.2) is 36.4 Å². The number of nitro benzene ring substituents is 2. The summed E-state index contributed by atoms with van der Waals surface area (Å²) >= 11 is 5.52. The number of hydrogen-bond donors (Lipinski definition) is 5. The van der Waals surface area contributed by atoms with Crippen LogP contribution in [0.2, 0.25) is 5.02 Å². The standard InChI is InChI=1S/C12H18N4O3.C6H5ClN2O2.C6H14N2O/c13-11-9-10(1-2-12(11)16(18)19)15-5-3-14(4-6-15)7-8-17;7-4-1-2-6(9(10)11)5(8)3-4;9-6-5-8-3-1-7-2-4-8/h1-2,9,17H,3-8,13H2;1-3H,8H2;7,9H,1-6H2. The Bertz CT molecular complexity index is 1060. The van der Waals surface area contributed by atoms with Gasteiger partial charge in [0.2, 0.25) is 0 Å². The second kappa shape index (κ2) is 16.6. The van der Waals surface area contributed by atoms with Crippen molar-refractivity contribution in [3.05, 3.63) is 61.6 Å². The van der Waals surface area contributed by atoms with Crippen LogP contribution in [-0.4, -0.2) is 109 Å². The number of hydrogen-bond acceptors (Lipinski definition) is 12. The largest absolute Gasteiger partial charge is 0.395 e. The van der Waals surface area contributed by atoms with E-state index < -0.39 is 9.85 Å². The first kappa shape index (κ1) is 31.9. The number of β-amino-alcohol motifs (C(OH)–C–C–N with tert-alkyl or cyclic N) is 2. The Morgan fingerprint density at radius 3 is 1.74 bits per heavy atom. The van der Waals surface area contributed by atoms with E-state index in [0.29, 0.717) is 18.2 Å². The van der Waals surface area contributed by atoms with Gasteiger partial charge in [0.15, 0.2) is 0 Å². The predicted molar refractivity (Wildman–Crippen MR) is 152 cm³/mol. The summed E-state index contributed by atoms with van der Waals surface area (Å²) < 4.78 is 0. The van der Waals surface area contributed by atoms with Gasteiger partial charge in [0, 0.05) is 88.3 Å². The number of nitrogens with zero attached hydrogens (tertiary/aromatic N) is 5. The average Bonchev–Trinajstić information content (AvgIpc) is 2.90. The maximum absolute atomic E-state index is 10.7. The predicted octanol–water partition coefficient (Wildman–Crippen LogP) is 1.01. The Morgan fingerprint density at radius 2 is 1.28 bits per heavy atom. The van der Waals surface area contributed by atoms with Gasteiger partial charge in [-0.25, -0.2) is 0 Å². The van der Waals surface area contributed by atoms with Gasteiger partial charge in [0.1, 0.15) is 11.4 Å². The molecule has 2 saturated heterocycles. The number of nitrogens with one attached hydrogen (secondary N) is 1. The second-order valence-electron chi connectivity index (χ2n) is 8.83. The highest BCUT2D eigenvalue weighted by molar-refractivity contribution is 6.30. The Labute approximate surface area is 232 Å². The van der Waals surface area contributed by atoms with Crippen LogP contribution in [0.3, 0.4) is 0 Å². The maximum Gasteiger partial charge on any atom is 0.292 e. The lowest BCUT2D eigenvalue weighted by atomic mass is 10.2. The number of piperazine rings is 2. The van der Waals surface area contributed by atoms with E-state index in [0.717, 1.165) is 64.6 Å². The number of aliphatic hydroxyl groups is 2. The van der Waals surface area contributed by atoms with E-state index in [1.807, 2.05) is 0 Å². The number of nitrogens with two attached hydrogens (primary N) is 2. The Morgan fingerprint density at radius 1 is 0.795 bits per heavy atom. The van der Waals surface area contributed by atoms with Crippen molar-refractivity contribution in [2.75, 3.05) is 95.0 Å². The van der Waals surface area contributed by atoms with Gasteiger partial charge in [0.05, 0.1) is 23.1 Å². The maximum atomic E-state index is 10.7. The number of nitrogen functional groups attached to an aromatic ring is 2. The van der Waals surface area contributed by atoms with Crippen molar-refractivity contribution in [1.29, 1.82) is 0 Å². The molecule has 2 aromatic rings. The molecule has 2 aromatic carbocycles. The highest BCUT2D eigenvalue weighted by Gasteiger charge is 2.19.